The summed E-state index contributed by atoms with van der Waals surface area (Å²) >= 11 is 0. The van der Waals surface area contributed by atoms with Crippen LogP contribution in [0.3, 0.4) is 0 Å². The number of aromatic nitrogens is 3. The van der Waals surface area contributed by atoms with Gasteiger partial charge in [0.2, 0.25) is 0 Å². The fourth-order valence-electron chi connectivity index (χ4n) is 9.74. The van der Waals surface area contributed by atoms with Crippen LogP contribution in [0.2, 0.25) is 0 Å². The second-order valence-corrected chi connectivity index (χ2v) is 16.5. The van der Waals surface area contributed by atoms with Crippen LogP contribution in [-0.4, -0.2) is 93.0 Å². The van der Waals surface area contributed by atoms with Gasteiger partial charge in [0, 0.05) is 49.3 Å². The molecule has 278 valence electrons. The molecule has 6 atom stereocenters. The molecule has 4 saturated heterocycles. The predicted molar refractivity (Wildman–Crippen MR) is 178 cm³/mol. The molecular weight excluding hydrogens is 690 g/mol. The number of carbonyl (C=O) groups is 1. The summed E-state index contributed by atoms with van der Waals surface area (Å²) in [7, 11) is 0. The number of fused-ring (bicyclic) bond motifs is 7. The number of halogens is 6. The summed E-state index contributed by atoms with van der Waals surface area (Å²) in [5, 5.41) is 0.0288. The van der Waals surface area contributed by atoms with Gasteiger partial charge in [-0.05, 0) is 70.9 Å². The van der Waals surface area contributed by atoms with E-state index in [2.05, 4.69) is 9.97 Å². The maximum Gasteiger partial charge on any atom is 0.420 e. The average molecular weight is 731 g/mol. The number of ether oxygens (including phenoxy) is 2. The molecule has 3 aromatic rings. The van der Waals surface area contributed by atoms with Crippen molar-refractivity contribution >= 4 is 22.8 Å². The van der Waals surface area contributed by atoms with Gasteiger partial charge in [-0.3, -0.25) is 14.8 Å². The molecule has 52 heavy (non-hydrogen) atoms. The quantitative estimate of drug-likeness (QED) is 0.251. The van der Waals surface area contributed by atoms with Crippen molar-refractivity contribution in [3.63, 3.8) is 0 Å². The van der Waals surface area contributed by atoms with E-state index in [1.165, 1.54) is 24.4 Å². The van der Waals surface area contributed by atoms with Gasteiger partial charge in [0.05, 0.1) is 34.2 Å². The van der Waals surface area contributed by atoms with Crippen molar-refractivity contribution in [2.75, 3.05) is 37.7 Å². The summed E-state index contributed by atoms with van der Waals surface area (Å²) in [4.78, 5) is 32.3. The van der Waals surface area contributed by atoms with Gasteiger partial charge in [-0.15, -0.1) is 0 Å². The normalized spacial score (nSPS) is 30.4. The first kappa shape index (κ1) is 33.9. The minimum atomic E-state index is -4.99. The van der Waals surface area contributed by atoms with E-state index < -0.39 is 64.1 Å². The molecule has 1 aromatic carbocycles. The van der Waals surface area contributed by atoms with Gasteiger partial charge in [0.25, 0.3) is 5.92 Å². The maximum absolute atomic E-state index is 15.4. The number of pyridine rings is 1. The second kappa shape index (κ2) is 11.3. The summed E-state index contributed by atoms with van der Waals surface area (Å²) in [5.74, 6) is -4.44. The molecule has 2 aliphatic carbocycles. The van der Waals surface area contributed by atoms with E-state index in [0.717, 1.165) is 6.42 Å². The molecule has 6 heterocycles. The molecule has 0 N–H and O–H groups in total. The van der Waals surface area contributed by atoms with E-state index in [1.807, 2.05) is 9.80 Å². The number of rotatable bonds is 5. The Labute approximate surface area is 296 Å². The molecule has 5 fully saturated rings. The highest BCUT2D eigenvalue weighted by atomic mass is 19.4. The lowest BCUT2D eigenvalue weighted by Crippen LogP contribution is -2.57. The van der Waals surface area contributed by atoms with Crippen molar-refractivity contribution in [2.45, 2.75) is 107 Å². The summed E-state index contributed by atoms with van der Waals surface area (Å²) in [6, 6.07) is 3.22. The maximum atomic E-state index is 15.4. The third-order valence-corrected chi connectivity index (χ3v) is 11.9. The van der Waals surface area contributed by atoms with E-state index in [4.69, 9.17) is 14.5 Å². The number of benzene rings is 1. The fraction of sp³-hybridized carbons (Fsp3) is 0.622. The predicted octanol–water partition coefficient (Wildman–Crippen LogP) is 7.46. The van der Waals surface area contributed by atoms with Crippen LogP contribution in [0.15, 0.2) is 24.4 Å². The topological polar surface area (TPSA) is 83.9 Å². The SMILES string of the molecule is CC(C)(C)OC(=O)N1C2CCC1CN(c1nc(OC[C@@]34CCCN3C[C@H](F)C4)nc3c(C(F)(F)F)c(-c4cccc5c4C4CC4C5(F)F)ncc13)C2. The zero-order chi connectivity index (χ0) is 36.5. The molecule has 2 bridgehead atoms. The Morgan fingerprint density at radius 2 is 1.81 bits per heavy atom. The van der Waals surface area contributed by atoms with Gasteiger partial charge in [0.15, 0.2) is 0 Å². The molecule has 4 aliphatic heterocycles. The van der Waals surface area contributed by atoms with Crippen molar-refractivity contribution < 1.29 is 40.6 Å². The highest BCUT2D eigenvalue weighted by Gasteiger charge is 2.64. The first-order valence-corrected chi connectivity index (χ1v) is 18.1. The lowest BCUT2D eigenvalue weighted by Gasteiger charge is -2.42. The molecule has 4 unspecified atom stereocenters. The summed E-state index contributed by atoms with van der Waals surface area (Å²) < 4.78 is 103. The molecule has 1 amide bonds. The van der Waals surface area contributed by atoms with E-state index in [0.29, 0.717) is 25.8 Å². The fourth-order valence-corrected chi connectivity index (χ4v) is 9.74. The van der Waals surface area contributed by atoms with Crippen LogP contribution in [0.1, 0.15) is 81.9 Å². The lowest BCUT2D eigenvalue weighted by molar-refractivity contribution is -0.136. The Morgan fingerprint density at radius 3 is 2.52 bits per heavy atom. The molecular formula is C37H40F6N6O3. The minimum Gasteiger partial charge on any atom is -0.461 e. The number of carbonyl (C=O) groups excluding carboxylic acids is 1. The number of nitrogens with zero attached hydrogens (tertiary/aromatic N) is 6. The van der Waals surface area contributed by atoms with Gasteiger partial charge >= 0.3 is 18.3 Å². The van der Waals surface area contributed by atoms with Gasteiger partial charge in [-0.1, -0.05) is 18.2 Å². The Hall–Kier alpha value is -3.88. The first-order chi connectivity index (χ1) is 24.5. The molecule has 0 spiro atoms. The monoisotopic (exact) mass is 730 g/mol. The number of alkyl halides is 6. The largest absolute Gasteiger partial charge is 0.461 e. The van der Waals surface area contributed by atoms with Crippen LogP contribution in [-0.2, 0) is 16.8 Å². The average Bonchev–Trinajstić information content (AvgIpc) is 3.51. The number of hydrogen-bond acceptors (Lipinski definition) is 8. The van der Waals surface area contributed by atoms with Gasteiger partial charge in [-0.25, -0.2) is 18.0 Å². The highest BCUT2D eigenvalue weighted by Crippen LogP contribution is 2.68. The van der Waals surface area contributed by atoms with Crippen LogP contribution in [0.25, 0.3) is 22.2 Å². The van der Waals surface area contributed by atoms with E-state index in [-0.39, 0.29) is 85.1 Å². The number of piperazine rings is 1. The van der Waals surface area contributed by atoms with E-state index >= 15 is 22.0 Å². The van der Waals surface area contributed by atoms with Crippen molar-refractivity contribution in [3.8, 4) is 17.3 Å². The molecule has 0 radical (unpaired) electrons. The van der Waals surface area contributed by atoms with Crippen LogP contribution >= 0.6 is 0 Å². The van der Waals surface area contributed by atoms with Crippen LogP contribution < -0.4 is 9.64 Å². The van der Waals surface area contributed by atoms with Gasteiger partial charge in [-0.2, -0.15) is 23.1 Å². The number of anilines is 1. The third-order valence-electron chi connectivity index (χ3n) is 11.9. The zero-order valence-corrected chi connectivity index (χ0v) is 29.2. The third kappa shape index (κ3) is 5.30. The Morgan fingerprint density at radius 1 is 1.06 bits per heavy atom. The first-order valence-electron chi connectivity index (χ1n) is 18.1. The highest BCUT2D eigenvalue weighted by molar-refractivity contribution is 5.95. The molecule has 9 nitrogen and oxygen atoms in total. The molecule has 9 rings (SSSR count). The molecule has 15 heteroatoms. The van der Waals surface area contributed by atoms with Gasteiger partial charge in [0.1, 0.15) is 29.8 Å². The second-order valence-electron chi connectivity index (χ2n) is 16.5. The van der Waals surface area contributed by atoms with Crippen LogP contribution in [0.5, 0.6) is 6.01 Å². The Balaban J connectivity index is 1.16. The smallest absolute Gasteiger partial charge is 0.420 e. The molecule has 6 aliphatic rings. The zero-order valence-electron chi connectivity index (χ0n) is 29.2. The molecule has 2 aromatic heterocycles. The van der Waals surface area contributed by atoms with E-state index in [1.54, 1.807) is 25.7 Å². The summed E-state index contributed by atoms with van der Waals surface area (Å²) in [6.45, 7) is 6.89. The van der Waals surface area contributed by atoms with Crippen molar-refractivity contribution in [1.82, 2.24) is 24.8 Å². The van der Waals surface area contributed by atoms with Crippen molar-refractivity contribution in [2.24, 2.45) is 5.92 Å². The molecule has 1 saturated carbocycles. The van der Waals surface area contributed by atoms with Gasteiger partial charge < -0.3 is 14.4 Å². The Bertz CT molecular complexity index is 1960. The number of hydrogen-bond donors (Lipinski definition) is 0. The summed E-state index contributed by atoms with van der Waals surface area (Å²) in [6.07, 6.45) is -1.84. The lowest BCUT2D eigenvalue weighted by atomic mass is 9.93. The van der Waals surface area contributed by atoms with Crippen LogP contribution in [0, 0.1) is 5.92 Å². The Kier molecular flexibility index (Phi) is 7.38. The van der Waals surface area contributed by atoms with Crippen molar-refractivity contribution in [3.05, 3.63) is 41.1 Å². The summed E-state index contributed by atoms with van der Waals surface area (Å²) in [5.41, 5.74) is -3.42. The van der Waals surface area contributed by atoms with E-state index in [9.17, 15) is 9.18 Å². The minimum absolute atomic E-state index is 0.000323. The van der Waals surface area contributed by atoms with Crippen molar-refractivity contribution in [1.29, 1.82) is 0 Å². The standard InChI is InChI=1S/C37H40F6N6O3/c1-34(2,3)52-33(50)49-20-8-9-21(49)17-47(16-20)31-24-14-44-29(22-6-4-7-25-27(22)23-12-26(23)36(25,39)40)28(37(41,42)43)30(24)45-32(46-31)51-18-35-10-5-11-48(35)15-19(38)13-35/h4,6-7,14,19-21,23,26H,5,8-13,15-18H2,1-3H3/t19-,20?,21?,23?,26?,35+/m1/s1. The number of amides is 1. The van der Waals surface area contributed by atoms with Crippen LogP contribution in [0.4, 0.5) is 37.0 Å².